The number of hydrogen-bond acceptors (Lipinski definition) is 2. The zero-order valence-electron chi connectivity index (χ0n) is 9.40. The molecule has 1 aromatic rings. The van der Waals surface area contributed by atoms with Gasteiger partial charge in [0.2, 0.25) is 0 Å². The van der Waals surface area contributed by atoms with Crippen LogP contribution in [0.5, 0.6) is 5.75 Å². The van der Waals surface area contributed by atoms with Crippen molar-refractivity contribution in [3.8, 4) is 5.75 Å². The molecule has 1 aliphatic heterocycles. The lowest BCUT2D eigenvalue weighted by molar-refractivity contribution is 0.219. The van der Waals surface area contributed by atoms with E-state index in [4.69, 9.17) is 0 Å². The average Bonchev–Trinajstić information content (AvgIpc) is 2.23. The molecule has 82 valence electrons. The Morgan fingerprint density at radius 2 is 2.00 bits per heavy atom. The van der Waals surface area contributed by atoms with Crippen LogP contribution < -0.4 is 5.32 Å². The number of phenols is 1. The van der Waals surface area contributed by atoms with Crippen molar-refractivity contribution in [3.63, 3.8) is 0 Å². The average molecular weight is 205 g/mol. The summed E-state index contributed by atoms with van der Waals surface area (Å²) in [5.74, 6) is 1.71. The molecule has 0 amide bonds. The van der Waals surface area contributed by atoms with Gasteiger partial charge in [-0.25, -0.2) is 0 Å². The van der Waals surface area contributed by atoms with Crippen molar-refractivity contribution in [1.82, 2.24) is 5.32 Å². The molecule has 0 spiro atoms. The predicted octanol–water partition coefficient (Wildman–Crippen LogP) is 2.70. The number of rotatable bonds is 1. The van der Waals surface area contributed by atoms with Gasteiger partial charge in [-0.15, -0.1) is 0 Å². The fourth-order valence-corrected chi connectivity index (χ4v) is 2.39. The molecule has 15 heavy (non-hydrogen) atoms. The maximum absolute atomic E-state index is 9.83. The van der Waals surface area contributed by atoms with E-state index in [2.05, 4.69) is 19.2 Å². The van der Waals surface area contributed by atoms with Gasteiger partial charge >= 0.3 is 0 Å². The van der Waals surface area contributed by atoms with E-state index < -0.39 is 0 Å². The van der Waals surface area contributed by atoms with E-state index >= 15 is 0 Å². The molecule has 1 aromatic carbocycles. The summed E-state index contributed by atoms with van der Waals surface area (Å²) in [5, 5.41) is 13.3. The molecule has 2 N–H and O–H groups in total. The molecule has 0 bridgehead atoms. The lowest BCUT2D eigenvalue weighted by Crippen LogP contribution is -2.37. The third-order valence-corrected chi connectivity index (χ3v) is 3.66. The second kappa shape index (κ2) is 4.23. The van der Waals surface area contributed by atoms with Gasteiger partial charge < -0.3 is 10.4 Å². The Morgan fingerprint density at radius 1 is 1.27 bits per heavy atom. The molecular formula is C13H19NO. The predicted molar refractivity (Wildman–Crippen MR) is 61.8 cm³/mol. The van der Waals surface area contributed by atoms with Gasteiger partial charge in [0, 0.05) is 11.6 Å². The van der Waals surface area contributed by atoms with Gasteiger partial charge in [-0.2, -0.15) is 0 Å². The van der Waals surface area contributed by atoms with Gasteiger partial charge in [0.1, 0.15) is 5.75 Å². The van der Waals surface area contributed by atoms with Crippen LogP contribution in [0.2, 0.25) is 0 Å². The Balaban J connectivity index is 2.26. The highest BCUT2D eigenvalue weighted by molar-refractivity contribution is 5.35. The summed E-state index contributed by atoms with van der Waals surface area (Å²) in [6.45, 7) is 5.59. The van der Waals surface area contributed by atoms with Crippen molar-refractivity contribution >= 4 is 0 Å². The Kier molecular flexibility index (Phi) is 2.96. The Bertz CT molecular complexity index is 337. The molecular weight excluding hydrogens is 186 g/mol. The summed E-state index contributed by atoms with van der Waals surface area (Å²) >= 11 is 0. The highest BCUT2D eigenvalue weighted by atomic mass is 16.3. The van der Waals surface area contributed by atoms with Crippen LogP contribution in [0.3, 0.4) is 0 Å². The molecule has 2 nitrogen and oxygen atoms in total. The van der Waals surface area contributed by atoms with E-state index in [1.807, 2.05) is 18.2 Å². The fourth-order valence-electron chi connectivity index (χ4n) is 2.39. The summed E-state index contributed by atoms with van der Waals surface area (Å²) < 4.78 is 0. The third-order valence-electron chi connectivity index (χ3n) is 3.66. The molecule has 3 unspecified atom stereocenters. The number of benzene rings is 1. The number of piperidine rings is 1. The first-order chi connectivity index (χ1) is 7.20. The van der Waals surface area contributed by atoms with Gasteiger partial charge in [0.05, 0.1) is 0 Å². The van der Waals surface area contributed by atoms with Crippen LogP contribution in [-0.4, -0.2) is 11.7 Å². The second-order valence-corrected chi connectivity index (χ2v) is 4.62. The molecule has 1 aliphatic rings. The minimum Gasteiger partial charge on any atom is -0.508 e. The second-order valence-electron chi connectivity index (χ2n) is 4.62. The van der Waals surface area contributed by atoms with E-state index in [-0.39, 0.29) is 0 Å². The van der Waals surface area contributed by atoms with Gasteiger partial charge in [0.15, 0.2) is 0 Å². The molecule has 1 heterocycles. The van der Waals surface area contributed by atoms with Crippen LogP contribution >= 0.6 is 0 Å². The first kappa shape index (κ1) is 10.5. The lowest BCUT2D eigenvalue weighted by Gasteiger charge is -2.35. The SMILES string of the molecule is CC1CCNC(c2ccccc2O)C1C. The molecule has 1 fully saturated rings. The Hall–Kier alpha value is -1.02. The number of hydrogen-bond donors (Lipinski definition) is 2. The van der Waals surface area contributed by atoms with Crippen molar-refractivity contribution in [3.05, 3.63) is 29.8 Å². The maximum atomic E-state index is 9.83. The fraction of sp³-hybridized carbons (Fsp3) is 0.538. The monoisotopic (exact) mass is 205 g/mol. The summed E-state index contributed by atoms with van der Waals surface area (Å²) in [5.41, 5.74) is 1.04. The quantitative estimate of drug-likeness (QED) is 0.738. The summed E-state index contributed by atoms with van der Waals surface area (Å²) in [6, 6.07) is 7.94. The highest BCUT2D eigenvalue weighted by Crippen LogP contribution is 2.36. The first-order valence-corrected chi connectivity index (χ1v) is 5.71. The Morgan fingerprint density at radius 3 is 2.73 bits per heavy atom. The van der Waals surface area contributed by atoms with Gasteiger partial charge in [-0.1, -0.05) is 32.0 Å². The first-order valence-electron chi connectivity index (χ1n) is 5.71. The van der Waals surface area contributed by atoms with Crippen LogP contribution in [0.15, 0.2) is 24.3 Å². The van der Waals surface area contributed by atoms with Crippen LogP contribution in [0.25, 0.3) is 0 Å². The molecule has 2 rings (SSSR count). The van der Waals surface area contributed by atoms with E-state index in [9.17, 15) is 5.11 Å². The van der Waals surface area contributed by atoms with Crippen molar-refractivity contribution in [2.45, 2.75) is 26.3 Å². The minimum absolute atomic E-state index is 0.301. The summed E-state index contributed by atoms with van der Waals surface area (Å²) in [7, 11) is 0. The standard InChI is InChI=1S/C13H19NO/c1-9-7-8-14-13(10(9)2)11-5-3-4-6-12(11)15/h3-6,9-10,13-15H,7-8H2,1-2H3. The maximum Gasteiger partial charge on any atom is 0.120 e. The number of aromatic hydroxyl groups is 1. The van der Waals surface area contributed by atoms with Crippen LogP contribution in [0.1, 0.15) is 31.9 Å². The molecule has 2 heteroatoms. The number of nitrogens with one attached hydrogen (secondary N) is 1. The highest BCUT2D eigenvalue weighted by Gasteiger charge is 2.29. The third kappa shape index (κ3) is 2.00. The Labute approximate surface area is 91.3 Å². The van der Waals surface area contributed by atoms with Crippen LogP contribution in [-0.2, 0) is 0 Å². The smallest absolute Gasteiger partial charge is 0.120 e. The zero-order chi connectivity index (χ0) is 10.8. The van der Waals surface area contributed by atoms with Crippen LogP contribution in [0.4, 0.5) is 0 Å². The van der Waals surface area contributed by atoms with E-state index in [0.29, 0.717) is 17.7 Å². The van der Waals surface area contributed by atoms with Crippen molar-refractivity contribution < 1.29 is 5.11 Å². The summed E-state index contributed by atoms with van der Waals surface area (Å²) in [4.78, 5) is 0. The number of para-hydroxylation sites is 1. The van der Waals surface area contributed by atoms with E-state index in [1.54, 1.807) is 6.07 Å². The lowest BCUT2D eigenvalue weighted by atomic mass is 9.80. The summed E-state index contributed by atoms with van der Waals surface area (Å²) in [6.07, 6.45) is 1.23. The van der Waals surface area contributed by atoms with E-state index in [0.717, 1.165) is 18.0 Å². The van der Waals surface area contributed by atoms with Crippen LogP contribution in [0, 0.1) is 11.8 Å². The van der Waals surface area contributed by atoms with Crippen molar-refractivity contribution in [2.75, 3.05) is 6.54 Å². The van der Waals surface area contributed by atoms with Gasteiger partial charge in [-0.3, -0.25) is 0 Å². The normalized spacial score (nSPS) is 31.5. The molecule has 0 aromatic heterocycles. The van der Waals surface area contributed by atoms with Crippen molar-refractivity contribution in [1.29, 1.82) is 0 Å². The largest absolute Gasteiger partial charge is 0.508 e. The minimum atomic E-state index is 0.301. The molecule has 0 aliphatic carbocycles. The number of phenolic OH excluding ortho intramolecular Hbond substituents is 1. The van der Waals surface area contributed by atoms with Gasteiger partial charge in [0.25, 0.3) is 0 Å². The molecule has 0 saturated carbocycles. The molecule has 3 atom stereocenters. The van der Waals surface area contributed by atoms with Gasteiger partial charge in [-0.05, 0) is 30.9 Å². The molecule has 0 radical (unpaired) electrons. The topological polar surface area (TPSA) is 32.3 Å². The van der Waals surface area contributed by atoms with Crippen molar-refractivity contribution in [2.24, 2.45) is 11.8 Å². The molecule has 1 saturated heterocycles. The van der Waals surface area contributed by atoms with E-state index in [1.165, 1.54) is 6.42 Å². The zero-order valence-corrected chi connectivity index (χ0v) is 9.40.